The Morgan fingerprint density at radius 1 is 0.565 bits per heavy atom. The number of hydrogen-bond donors (Lipinski definition) is 6. The second-order valence-electron chi connectivity index (χ2n) is 18.9. The lowest BCUT2D eigenvalue weighted by molar-refractivity contribution is -0.302. The van der Waals surface area contributed by atoms with Crippen LogP contribution < -0.4 is 5.32 Å². The first kappa shape index (κ1) is 64.1. The van der Waals surface area contributed by atoms with Gasteiger partial charge in [0.25, 0.3) is 0 Å². The first-order valence-electron chi connectivity index (χ1n) is 27.7. The molecule has 0 aromatic rings. The maximum Gasteiger partial charge on any atom is 0.305 e. The molecular weight excluding hydrogens is 871 g/mol. The van der Waals surface area contributed by atoms with Crippen LogP contribution in [0.3, 0.4) is 0 Å². The van der Waals surface area contributed by atoms with Gasteiger partial charge in [0.1, 0.15) is 24.4 Å². The van der Waals surface area contributed by atoms with E-state index in [1.165, 1.54) is 109 Å². The number of rotatable bonds is 46. The largest absolute Gasteiger partial charge is 0.466 e. The summed E-state index contributed by atoms with van der Waals surface area (Å²) in [5, 5.41) is 54.0. The molecule has 1 amide bonds. The lowest BCUT2D eigenvalue weighted by Gasteiger charge is -2.40. The number of carbonyl (C=O) groups excluding carboxylic acids is 2. The van der Waals surface area contributed by atoms with E-state index in [1.54, 1.807) is 6.08 Å². The number of hydrogen-bond acceptors (Lipinski definition) is 10. The third-order valence-electron chi connectivity index (χ3n) is 12.6. The van der Waals surface area contributed by atoms with Gasteiger partial charge in [0, 0.05) is 12.8 Å². The van der Waals surface area contributed by atoms with E-state index in [9.17, 15) is 35.1 Å². The summed E-state index contributed by atoms with van der Waals surface area (Å²) in [7, 11) is 0. The van der Waals surface area contributed by atoms with E-state index in [1.807, 2.05) is 31.2 Å². The number of amides is 1. The van der Waals surface area contributed by atoms with Crippen molar-refractivity contribution >= 4 is 11.9 Å². The van der Waals surface area contributed by atoms with E-state index < -0.39 is 49.5 Å². The van der Waals surface area contributed by atoms with Crippen LogP contribution in [0.25, 0.3) is 0 Å². The molecule has 7 unspecified atom stereocenters. The second-order valence-corrected chi connectivity index (χ2v) is 18.9. The van der Waals surface area contributed by atoms with Crippen molar-refractivity contribution in [3.8, 4) is 0 Å². The highest BCUT2D eigenvalue weighted by Gasteiger charge is 2.44. The highest BCUT2D eigenvalue weighted by molar-refractivity contribution is 5.76. The van der Waals surface area contributed by atoms with Crippen molar-refractivity contribution in [2.24, 2.45) is 0 Å². The van der Waals surface area contributed by atoms with Gasteiger partial charge < -0.3 is 45.1 Å². The Kier molecular flexibility index (Phi) is 44.1. The smallest absolute Gasteiger partial charge is 0.305 e. The van der Waals surface area contributed by atoms with E-state index in [4.69, 9.17) is 14.2 Å². The fraction of sp³-hybridized carbons (Fsp3) is 0.759. The van der Waals surface area contributed by atoms with Crippen LogP contribution >= 0.6 is 0 Å². The SMILES string of the molecule is C/C=C/CC/C=C/CC/C=C/C(O)C(COC1OC(CO)C(O)C(O)C1O)NC(=O)CC/C=C\C/C=C\CCCCCCCCOC(=O)CCCCCCCCCCC/C=C\CCCCCCCC. The summed E-state index contributed by atoms with van der Waals surface area (Å²) in [6, 6.07) is -0.879. The van der Waals surface area contributed by atoms with Crippen LogP contribution in [0.4, 0.5) is 0 Å². The number of allylic oxidation sites excluding steroid dienone is 11. The maximum atomic E-state index is 12.9. The lowest BCUT2D eigenvalue weighted by Crippen LogP contribution is -2.60. The lowest BCUT2D eigenvalue weighted by atomic mass is 9.99. The van der Waals surface area contributed by atoms with Crippen molar-refractivity contribution in [1.82, 2.24) is 5.32 Å². The number of nitrogens with one attached hydrogen (secondary N) is 1. The number of esters is 1. The predicted molar refractivity (Wildman–Crippen MR) is 283 cm³/mol. The molecule has 0 saturated carbocycles. The van der Waals surface area contributed by atoms with Crippen molar-refractivity contribution in [3.63, 3.8) is 0 Å². The van der Waals surface area contributed by atoms with Crippen molar-refractivity contribution in [1.29, 1.82) is 0 Å². The van der Waals surface area contributed by atoms with Crippen LogP contribution in [0, 0.1) is 0 Å². The van der Waals surface area contributed by atoms with Gasteiger partial charge in [0.15, 0.2) is 6.29 Å². The van der Waals surface area contributed by atoms with Crippen LogP contribution in [0.5, 0.6) is 0 Å². The number of ether oxygens (including phenoxy) is 3. The quantitative estimate of drug-likeness (QED) is 0.0196. The molecule has 0 bridgehead atoms. The van der Waals surface area contributed by atoms with Gasteiger partial charge in [0.05, 0.1) is 32.0 Å². The molecular formula is C58H101NO10. The molecule has 0 radical (unpaired) electrons. The molecule has 7 atom stereocenters. The molecule has 1 aliphatic heterocycles. The zero-order valence-electron chi connectivity index (χ0n) is 43.5. The van der Waals surface area contributed by atoms with Crippen molar-refractivity contribution < 1.29 is 49.3 Å². The van der Waals surface area contributed by atoms with Crippen LogP contribution in [-0.2, 0) is 23.8 Å². The van der Waals surface area contributed by atoms with Gasteiger partial charge in [-0.1, -0.05) is 183 Å². The van der Waals surface area contributed by atoms with Crippen LogP contribution in [0.15, 0.2) is 72.9 Å². The third kappa shape index (κ3) is 37.5. The third-order valence-corrected chi connectivity index (χ3v) is 12.6. The summed E-state index contributed by atoms with van der Waals surface area (Å²) in [5.41, 5.74) is 0. The molecule has 6 N–H and O–H groups in total. The monoisotopic (exact) mass is 972 g/mol. The van der Waals surface area contributed by atoms with Gasteiger partial charge >= 0.3 is 5.97 Å². The Hall–Kier alpha value is -2.90. The number of aliphatic hydroxyl groups excluding tert-OH is 5. The molecule has 0 aliphatic carbocycles. The molecule has 1 saturated heterocycles. The van der Waals surface area contributed by atoms with Gasteiger partial charge in [-0.15, -0.1) is 0 Å². The highest BCUT2D eigenvalue weighted by Crippen LogP contribution is 2.22. The van der Waals surface area contributed by atoms with Gasteiger partial charge in [0.2, 0.25) is 5.91 Å². The summed E-state index contributed by atoms with van der Waals surface area (Å²) in [4.78, 5) is 25.0. The Balaban J connectivity index is 2.12. The number of aliphatic hydroxyl groups is 5. The van der Waals surface area contributed by atoms with E-state index in [2.05, 4.69) is 54.8 Å². The molecule has 11 heteroatoms. The first-order chi connectivity index (χ1) is 33.7. The molecule has 398 valence electrons. The highest BCUT2D eigenvalue weighted by atomic mass is 16.7. The molecule has 1 aliphatic rings. The molecule has 11 nitrogen and oxygen atoms in total. The molecule has 1 rings (SSSR count). The van der Waals surface area contributed by atoms with Crippen molar-refractivity contribution in [2.75, 3.05) is 19.8 Å². The Morgan fingerprint density at radius 2 is 1.06 bits per heavy atom. The topological polar surface area (TPSA) is 175 Å². The first-order valence-corrected chi connectivity index (χ1v) is 27.7. The summed E-state index contributed by atoms with van der Waals surface area (Å²) >= 11 is 0. The van der Waals surface area contributed by atoms with Crippen LogP contribution in [-0.4, -0.2) is 100 Å². The molecule has 0 aromatic carbocycles. The maximum absolute atomic E-state index is 12.9. The average Bonchev–Trinajstić information content (AvgIpc) is 3.34. The molecule has 69 heavy (non-hydrogen) atoms. The summed E-state index contributed by atoms with van der Waals surface area (Å²) in [6.07, 6.45) is 51.8. The zero-order valence-corrected chi connectivity index (χ0v) is 43.5. The van der Waals surface area contributed by atoms with Gasteiger partial charge in [-0.2, -0.15) is 0 Å². The fourth-order valence-corrected chi connectivity index (χ4v) is 8.16. The molecule has 1 heterocycles. The standard InChI is InChI=1S/C58H101NO10/c1-3-5-7-9-11-13-14-15-16-17-18-19-20-23-26-30-34-38-42-46-54(63)67-47-43-39-35-31-27-24-21-22-25-29-33-37-41-45-53(62)59-50(51(61)44-40-36-32-28-12-10-8-6-4-2)49-68-58-57(66)56(65)55(64)52(48-60)69-58/h4,6,12,15-16,22,25,28,33,37,40,44,50-52,55-58,60-61,64-66H,3,5,7-11,13-14,17-21,23-24,26-27,29-32,34-36,38-39,41-43,45-49H2,1-2H3,(H,59,62)/b6-4+,16-15-,25-22-,28-12+,37-33-,44-40+. The normalized spacial score (nSPS) is 19.9. The second kappa shape index (κ2) is 47.4. The molecule has 0 aromatic heterocycles. The molecule has 0 spiro atoms. The van der Waals surface area contributed by atoms with Gasteiger partial charge in [-0.05, 0) is 96.8 Å². The Bertz CT molecular complexity index is 1380. The summed E-state index contributed by atoms with van der Waals surface area (Å²) in [5.74, 6) is -0.325. The number of unbranched alkanes of at least 4 members (excludes halogenated alkanes) is 23. The Morgan fingerprint density at radius 3 is 1.64 bits per heavy atom. The predicted octanol–water partition coefficient (Wildman–Crippen LogP) is 12.1. The summed E-state index contributed by atoms with van der Waals surface area (Å²) in [6.45, 7) is 3.97. The number of carbonyl (C=O) groups is 2. The van der Waals surface area contributed by atoms with E-state index >= 15 is 0 Å². The van der Waals surface area contributed by atoms with Crippen LogP contribution in [0.1, 0.15) is 219 Å². The van der Waals surface area contributed by atoms with E-state index in [0.717, 1.165) is 70.6 Å². The van der Waals surface area contributed by atoms with Gasteiger partial charge in [-0.25, -0.2) is 0 Å². The average molecular weight is 972 g/mol. The fourth-order valence-electron chi connectivity index (χ4n) is 8.16. The Labute approximate surface area is 420 Å². The minimum Gasteiger partial charge on any atom is -0.466 e. The summed E-state index contributed by atoms with van der Waals surface area (Å²) < 4.78 is 16.6. The van der Waals surface area contributed by atoms with Crippen molar-refractivity contribution in [3.05, 3.63) is 72.9 Å². The minimum absolute atomic E-state index is 0.0431. The van der Waals surface area contributed by atoms with Crippen LogP contribution in [0.2, 0.25) is 0 Å². The molecule has 1 fully saturated rings. The van der Waals surface area contributed by atoms with E-state index in [-0.39, 0.29) is 24.9 Å². The zero-order chi connectivity index (χ0) is 50.3. The van der Waals surface area contributed by atoms with Gasteiger partial charge in [-0.3, -0.25) is 9.59 Å². The van der Waals surface area contributed by atoms with Crippen molar-refractivity contribution in [2.45, 2.75) is 262 Å². The van der Waals surface area contributed by atoms with E-state index in [0.29, 0.717) is 25.9 Å². The minimum atomic E-state index is -1.60.